The van der Waals surface area contributed by atoms with Gasteiger partial charge in [-0.25, -0.2) is 0 Å². The Bertz CT molecular complexity index is 623. The van der Waals surface area contributed by atoms with Crippen LogP contribution < -0.4 is 0 Å². The molecule has 0 saturated heterocycles. The van der Waals surface area contributed by atoms with Gasteiger partial charge in [-0.15, -0.1) is 0 Å². The maximum Gasteiger partial charge on any atom is 0.189 e. The Balaban J connectivity index is 2.32. The van der Waals surface area contributed by atoms with Crippen molar-refractivity contribution in [2.45, 2.75) is 45.8 Å². The SMILES string of the molecule is CC1=C[C@@H]2[C@@H]([C@@H]3C(C)=C[C@@]2(C)C(=O)[C@]3(C)O)[C@@](C)(O)C1=O. The largest absolute Gasteiger partial charge is 0.382 e. The van der Waals surface area contributed by atoms with E-state index in [1.54, 1.807) is 13.8 Å². The van der Waals surface area contributed by atoms with Crippen molar-refractivity contribution in [3.63, 3.8) is 0 Å². The summed E-state index contributed by atoms with van der Waals surface area (Å²) in [4.78, 5) is 25.1. The number of ketones is 2. The number of rotatable bonds is 0. The molecule has 0 spiro atoms. The van der Waals surface area contributed by atoms with Gasteiger partial charge in [0.2, 0.25) is 0 Å². The van der Waals surface area contributed by atoms with E-state index in [1.807, 2.05) is 19.1 Å². The third-order valence-electron chi connectivity index (χ3n) is 5.91. The summed E-state index contributed by atoms with van der Waals surface area (Å²) in [6.07, 6.45) is 3.73. The molecule has 2 N–H and O–H groups in total. The van der Waals surface area contributed by atoms with E-state index < -0.39 is 28.5 Å². The second-order valence-electron chi connectivity index (χ2n) is 7.50. The number of hydrogen-bond donors (Lipinski definition) is 2. The van der Waals surface area contributed by atoms with E-state index in [2.05, 4.69) is 0 Å². The monoisotopic (exact) mass is 290 g/mol. The molecule has 1 fully saturated rings. The third-order valence-corrected chi connectivity index (χ3v) is 5.91. The van der Waals surface area contributed by atoms with E-state index in [0.29, 0.717) is 5.57 Å². The summed E-state index contributed by atoms with van der Waals surface area (Å²) in [5.41, 5.74) is -2.61. The van der Waals surface area contributed by atoms with Crippen LogP contribution in [0.1, 0.15) is 34.6 Å². The summed E-state index contributed by atoms with van der Waals surface area (Å²) in [6.45, 7) is 8.37. The molecule has 4 heteroatoms. The van der Waals surface area contributed by atoms with Crippen molar-refractivity contribution in [3.05, 3.63) is 23.3 Å². The van der Waals surface area contributed by atoms with Crippen LogP contribution in [0.25, 0.3) is 0 Å². The van der Waals surface area contributed by atoms with Gasteiger partial charge in [-0.05, 0) is 40.2 Å². The number of allylic oxidation sites excluding steroid dienone is 2. The number of fused-ring (bicyclic) bond motifs is 1. The molecular formula is C17H22O4. The number of carbonyl (C=O) groups excluding carboxylic acids is 2. The molecule has 0 aromatic carbocycles. The van der Waals surface area contributed by atoms with Crippen molar-refractivity contribution < 1.29 is 19.8 Å². The lowest BCUT2D eigenvalue weighted by molar-refractivity contribution is -0.187. The fourth-order valence-corrected chi connectivity index (χ4v) is 5.07. The van der Waals surface area contributed by atoms with Crippen molar-refractivity contribution in [3.8, 4) is 0 Å². The first-order chi connectivity index (χ1) is 9.45. The predicted octanol–water partition coefficient (Wildman–Crippen LogP) is 1.41. The molecule has 4 aliphatic rings. The first-order valence-electron chi connectivity index (χ1n) is 7.38. The number of Topliss-reactive ketones (excluding diaryl/α,β-unsaturated/α-hetero) is 2. The molecule has 0 amide bonds. The van der Waals surface area contributed by atoms with Gasteiger partial charge in [0.05, 0.1) is 5.41 Å². The average molecular weight is 290 g/mol. The molecule has 0 aromatic heterocycles. The fourth-order valence-electron chi connectivity index (χ4n) is 5.07. The molecule has 2 bridgehead atoms. The lowest BCUT2D eigenvalue weighted by atomic mass is 9.43. The lowest BCUT2D eigenvalue weighted by Crippen LogP contribution is -2.70. The van der Waals surface area contributed by atoms with Gasteiger partial charge < -0.3 is 10.2 Å². The van der Waals surface area contributed by atoms with E-state index in [4.69, 9.17) is 0 Å². The van der Waals surface area contributed by atoms with Crippen LogP contribution in [0.4, 0.5) is 0 Å². The molecular weight excluding hydrogens is 268 g/mol. The summed E-state index contributed by atoms with van der Waals surface area (Å²) < 4.78 is 0. The normalized spacial score (nSPS) is 52.4. The van der Waals surface area contributed by atoms with Gasteiger partial charge in [0.1, 0.15) is 11.2 Å². The minimum absolute atomic E-state index is 0.221. The third kappa shape index (κ3) is 1.47. The average Bonchev–Trinajstić information content (AvgIpc) is 2.35. The van der Waals surface area contributed by atoms with Crippen LogP contribution in [0.3, 0.4) is 0 Å². The second kappa shape index (κ2) is 3.73. The topological polar surface area (TPSA) is 74.6 Å². The van der Waals surface area contributed by atoms with Crippen LogP contribution in [-0.2, 0) is 9.59 Å². The zero-order chi connectivity index (χ0) is 16.0. The van der Waals surface area contributed by atoms with E-state index in [1.165, 1.54) is 13.8 Å². The summed E-state index contributed by atoms with van der Waals surface area (Å²) in [7, 11) is 0. The Kier molecular flexibility index (Phi) is 2.61. The molecule has 0 radical (unpaired) electrons. The van der Waals surface area contributed by atoms with E-state index in [9.17, 15) is 19.8 Å². The molecule has 114 valence electrons. The van der Waals surface area contributed by atoms with Crippen molar-refractivity contribution in [2.75, 3.05) is 0 Å². The molecule has 21 heavy (non-hydrogen) atoms. The van der Waals surface area contributed by atoms with Gasteiger partial charge in [-0.1, -0.05) is 17.7 Å². The summed E-state index contributed by atoms with van der Waals surface area (Å²) in [6, 6.07) is 0. The molecule has 6 atom stereocenters. The van der Waals surface area contributed by atoms with Crippen molar-refractivity contribution in [1.82, 2.24) is 0 Å². The highest BCUT2D eigenvalue weighted by molar-refractivity contribution is 6.04. The Morgan fingerprint density at radius 2 is 1.62 bits per heavy atom. The molecule has 0 aliphatic heterocycles. The Labute approximate surface area is 124 Å². The minimum Gasteiger partial charge on any atom is -0.382 e. The van der Waals surface area contributed by atoms with Gasteiger partial charge in [0.25, 0.3) is 0 Å². The highest BCUT2D eigenvalue weighted by atomic mass is 16.3. The summed E-state index contributed by atoms with van der Waals surface area (Å²) in [5.74, 6) is -1.79. The first kappa shape index (κ1) is 14.7. The highest BCUT2D eigenvalue weighted by Crippen LogP contribution is 2.61. The number of hydrogen-bond acceptors (Lipinski definition) is 4. The molecule has 0 aromatic rings. The number of aliphatic hydroxyl groups is 2. The van der Waals surface area contributed by atoms with Crippen LogP contribution in [-0.4, -0.2) is 33.0 Å². The molecule has 4 rings (SSSR count). The maximum atomic E-state index is 12.7. The maximum absolute atomic E-state index is 12.7. The van der Waals surface area contributed by atoms with E-state index >= 15 is 0 Å². The van der Waals surface area contributed by atoms with Crippen molar-refractivity contribution in [2.24, 2.45) is 23.2 Å². The summed E-state index contributed by atoms with van der Waals surface area (Å²) >= 11 is 0. The number of carbonyl (C=O) groups is 2. The Morgan fingerprint density at radius 1 is 1.05 bits per heavy atom. The smallest absolute Gasteiger partial charge is 0.189 e. The molecule has 4 nitrogen and oxygen atoms in total. The van der Waals surface area contributed by atoms with Crippen LogP contribution in [0.2, 0.25) is 0 Å². The summed E-state index contributed by atoms with van der Waals surface area (Å²) in [5, 5.41) is 21.6. The van der Waals surface area contributed by atoms with Gasteiger partial charge in [-0.2, -0.15) is 0 Å². The van der Waals surface area contributed by atoms with Crippen molar-refractivity contribution >= 4 is 11.6 Å². The highest BCUT2D eigenvalue weighted by Gasteiger charge is 2.69. The van der Waals surface area contributed by atoms with Crippen molar-refractivity contribution in [1.29, 1.82) is 0 Å². The predicted molar refractivity (Wildman–Crippen MR) is 77.4 cm³/mol. The van der Waals surface area contributed by atoms with Crippen LogP contribution in [0, 0.1) is 23.2 Å². The zero-order valence-corrected chi connectivity index (χ0v) is 13.1. The second-order valence-corrected chi connectivity index (χ2v) is 7.50. The van der Waals surface area contributed by atoms with Gasteiger partial charge in [0, 0.05) is 17.8 Å². The minimum atomic E-state index is -1.56. The van der Waals surface area contributed by atoms with Gasteiger partial charge in [-0.3, -0.25) is 9.59 Å². The fraction of sp³-hybridized carbons (Fsp3) is 0.647. The van der Waals surface area contributed by atoms with Gasteiger partial charge in [0.15, 0.2) is 11.6 Å². The molecule has 0 heterocycles. The van der Waals surface area contributed by atoms with Crippen LogP contribution in [0.15, 0.2) is 23.3 Å². The lowest BCUT2D eigenvalue weighted by Gasteiger charge is -2.61. The van der Waals surface area contributed by atoms with E-state index in [0.717, 1.165) is 5.57 Å². The van der Waals surface area contributed by atoms with Crippen LogP contribution in [0.5, 0.6) is 0 Å². The molecule has 1 saturated carbocycles. The zero-order valence-electron chi connectivity index (χ0n) is 13.1. The Morgan fingerprint density at radius 3 is 2.19 bits per heavy atom. The van der Waals surface area contributed by atoms with Crippen LogP contribution >= 0.6 is 0 Å². The molecule has 0 unspecified atom stereocenters. The van der Waals surface area contributed by atoms with Gasteiger partial charge >= 0.3 is 0 Å². The first-order valence-corrected chi connectivity index (χ1v) is 7.38. The van der Waals surface area contributed by atoms with E-state index in [-0.39, 0.29) is 17.5 Å². The Hall–Kier alpha value is -1.26. The standard InChI is InChI=1S/C17H22O4/c1-8-6-10-12(16(4,20)13(8)18)11-9(2)7-15(10,3)14(19)17(11,5)21/h6-7,10-12,20-21H,1-5H3/t10-,11+,12+,15-,16-,17-/m1/s1. The quantitative estimate of drug-likeness (QED) is 0.662. The molecule has 4 aliphatic carbocycles.